The van der Waals surface area contributed by atoms with Gasteiger partial charge in [0.1, 0.15) is 12.4 Å². The third-order valence-electron chi connectivity index (χ3n) is 3.76. The molecule has 1 aromatic rings. The molecule has 1 N–H and O–H groups in total. The van der Waals surface area contributed by atoms with Crippen molar-refractivity contribution in [1.29, 1.82) is 0 Å². The van der Waals surface area contributed by atoms with E-state index >= 15 is 0 Å². The molecule has 1 saturated heterocycles. The van der Waals surface area contributed by atoms with Crippen LogP contribution in [0.5, 0.6) is 0 Å². The first-order valence-electron chi connectivity index (χ1n) is 7.32. The van der Waals surface area contributed by atoms with E-state index in [4.69, 9.17) is 9.84 Å². The number of aliphatic carboxylic acids is 1. The second-order valence-corrected chi connectivity index (χ2v) is 5.62. The van der Waals surface area contributed by atoms with Gasteiger partial charge in [-0.3, -0.25) is 9.59 Å². The van der Waals surface area contributed by atoms with E-state index in [9.17, 15) is 14.0 Å². The molecule has 2 rings (SSSR count). The minimum absolute atomic E-state index is 0.000184. The molecule has 1 aliphatic rings. The number of carboxylic acids is 1. The first-order chi connectivity index (χ1) is 10.5. The summed E-state index contributed by atoms with van der Waals surface area (Å²) >= 11 is 0. The first kappa shape index (κ1) is 16.4. The van der Waals surface area contributed by atoms with E-state index in [1.165, 1.54) is 17.0 Å². The number of carbonyl (C=O) groups is 2. The second-order valence-electron chi connectivity index (χ2n) is 5.62. The van der Waals surface area contributed by atoms with Crippen molar-refractivity contribution in [3.05, 3.63) is 35.6 Å². The Morgan fingerprint density at radius 3 is 2.64 bits per heavy atom. The number of amides is 1. The van der Waals surface area contributed by atoms with Crippen molar-refractivity contribution in [1.82, 2.24) is 4.90 Å². The summed E-state index contributed by atoms with van der Waals surface area (Å²) in [6.07, 6.45) is 1.20. The Kier molecular flexibility index (Phi) is 5.49. The highest BCUT2D eigenvalue weighted by atomic mass is 19.1. The number of hydrogen-bond acceptors (Lipinski definition) is 3. The maximum atomic E-state index is 12.9. The first-order valence-corrected chi connectivity index (χ1v) is 7.32. The molecule has 0 radical (unpaired) electrons. The highest BCUT2D eigenvalue weighted by molar-refractivity contribution is 5.83. The smallest absolute Gasteiger partial charge is 0.323 e. The molecule has 1 aliphatic heterocycles. The molecule has 0 spiro atoms. The molecule has 1 fully saturated rings. The van der Waals surface area contributed by atoms with Gasteiger partial charge in [-0.1, -0.05) is 12.1 Å². The molecule has 1 aromatic carbocycles. The van der Waals surface area contributed by atoms with Crippen LogP contribution < -0.4 is 0 Å². The number of ether oxygens (including phenoxy) is 1. The molecule has 2 atom stereocenters. The van der Waals surface area contributed by atoms with Gasteiger partial charge < -0.3 is 14.7 Å². The summed E-state index contributed by atoms with van der Waals surface area (Å²) in [5.41, 5.74) is 0.705. The lowest BCUT2D eigenvalue weighted by atomic mass is 9.94. The molecule has 0 saturated carbocycles. The van der Waals surface area contributed by atoms with Crippen LogP contribution in [0.4, 0.5) is 4.39 Å². The lowest BCUT2D eigenvalue weighted by molar-refractivity contribution is -0.149. The van der Waals surface area contributed by atoms with Crippen molar-refractivity contribution in [2.24, 2.45) is 5.92 Å². The van der Waals surface area contributed by atoms with Crippen molar-refractivity contribution >= 4 is 11.9 Å². The Hall–Kier alpha value is -1.95. The predicted molar refractivity (Wildman–Crippen MR) is 77.6 cm³/mol. The molecule has 0 bridgehead atoms. The maximum absolute atomic E-state index is 12.9. The lowest BCUT2D eigenvalue weighted by Gasteiger charge is -2.31. The van der Waals surface area contributed by atoms with E-state index in [1.54, 1.807) is 12.1 Å². The number of benzene rings is 1. The van der Waals surface area contributed by atoms with Crippen molar-refractivity contribution in [2.45, 2.75) is 32.4 Å². The fraction of sp³-hybridized carbons (Fsp3) is 0.500. The van der Waals surface area contributed by atoms with Crippen molar-refractivity contribution in [3.8, 4) is 0 Å². The summed E-state index contributed by atoms with van der Waals surface area (Å²) in [6.45, 7) is 2.22. The van der Waals surface area contributed by atoms with Crippen molar-refractivity contribution in [3.63, 3.8) is 0 Å². The van der Waals surface area contributed by atoms with E-state index in [1.807, 2.05) is 6.92 Å². The zero-order chi connectivity index (χ0) is 16.1. The normalized spacial score (nSPS) is 21.4. The molecule has 0 aliphatic carbocycles. The lowest BCUT2D eigenvalue weighted by Crippen LogP contribution is -2.42. The van der Waals surface area contributed by atoms with Crippen LogP contribution in [0.25, 0.3) is 0 Å². The average Bonchev–Trinajstić information content (AvgIpc) is 2.47. The molecule has 6 heteroatoms. The Balaban J connectivity index is 2.09. The Morgan fingerprint density at radius 2 is 2.05 bits per heavy atom. The van der Waals surface area contributed by atoms with Crippen LogP contribution in [-0.4, -0.2) is 41.1 Å². The van der Waals surface area contributed by atoms with Crippen LogP contribution in [0.3, 0.4) is 0 Å². The zero-order valence-corrected chi connectivity index (χ0v) is 12.5. The SMILES string of the molecule is C[C@@H]1C[C@H](C(=O)N(CC(=O)O)Cc2ccc(F)cc2)CCO1. The minimum Gasteiger partial charge on any atom is -0.480 e. The zero-order valence-electron chi connectivity index (χ0n) is 12.5. The quantitative estimate of drug-likeness (QED) is 0.904. The Morgan fingerprint density at radius 1 is 1.36 bits per heavy atom. The van der Waals surface area contributed by atoms with E-state index in [2.05, 4.69) is 0 Å². The van der Waals surface area contributed by atoms with E-state index in [0.717, 1.165) is 0 Å². The number of nitrogens with zero attached hydrogens (tertiary/aromatic N) is 1. The van der Waals surface area contributed by atoms with E-state index in [0.29, 0.717) is 25.0 Å². The highest BCUT2D eigenvalue weighted by Crippen LogP contribution is 2.23. The molecular formula is C16H20FNO4. The molecular weight excluding hydrogens is 289 g/mol. The van der Waals surface area contributed by atoms with Gasteiger partial charge in [0.15, 0.2) is 0 Å². The summed E-state index contributed by atoms with van der Waals surface area (Å²) in [7, 11) is 0. The van der Waals surface area contributed by atoms with Crippen LogP contribution in [0.15, 0.2) is 24.3 Å². The summed E-state index contributed by atoms with van der Waals surface area (Å²) in [6, 6.07) is 5.72. The molecule has 0 unspecified atom stereocenters. The highest BCUT2D eigenvalue weighted by Gasteiger charge is 2.30. The second kappa shape index (κ2) is 7.35. The van der Waals surface area contributed by atoms with Crippen molar-refractivity contribution in [2.75, 3.05) is 13.2 Å². The molecule has 22 heavy (non-hydrogen) atoms. The maximum Gasteiger partial charge on any atom is 0.323 e. The molecule has 120 valence electrons. The van der Waals surface area contributed by atoms with Gasteiger partial charge in [0, 0.05) is 19.1 Å². The monoisotopic (exact) mass is 309 g/mol. The van der Waals surface area contributed by atoms with Gasteiger partial charge in [-0.25, -0.2) is 4.39 Å². The van der Waals surface area contributed by atoms with Crippen LogP contribution >= 0.6 is 0 Å². The number of halogens is 1. The van der Waals surface area contributed by atoms with Crippen molar-refractivity contribution < 1.29 is 23.8 Å². The summed E-state index contributed by atoms with van der Waals surface area (Å²) in [4.78, 5) is 24.9. The van der Waals surface area contributed by atoms with E-state index in [-0.39, 0.29) is 36.8 Å². The third-order valence-corrected chi connectivity index (χ3v) is 3.76. The Bertz CT molecular complexity index is 531. The van der Waals surface area contributed by atoms with Gasteiger partial charge in [-0.15, -0.1) is 0 Å². The standard InChI is InChI=1S/C16H20FNO4/c1-11-8-13(6-7-22-11)16(21)18(10-15(19)20)9-12-2-4-14(17)5-3-12/h2-5,11,13H,6-10H2,1H3,(H,19,20)/t11-,13-/m1/s1. The summed E-state index contributed by atoms with van der Waals surface area (Å²) < 4.78 is 18.4. The predicted octanol–water partition coefficient (Wildman–Crippen LogP) is 2.05. The summed E-state index contributed by atoms with van der Waals surface area (Å²) in [5.74, 6) is -1.82. The minimum atomic E-state index is -1.06. The van der Waals surface area contributed by atoms with Crippen LogP contribution in [0.1, 0.15) is 25.3 Å². The topological polar surface area (TPSA) is 66.8 Å². The average molecular weight is 309 g/mol. The Labute approximate surface area is 128 Å². The van der Waals surface area contributed by atoms with Gasteiger partial charge in [-0.05, 0) is 37.5 Å². The van der Waals surface area contributed by atoms with Crippen LogP contribution in [0.2, 0.25) is 0 Å². The number of rotatable bonds is 5. The number of carboxylic acid groups (broad SMARTS) is 1. The number of carbonyl (C=O) groups excluding carboxylic acids is 1. The van der Waals surface area contributed by atoms with Gasteiger partial charge in [-0.2, -0.15) is 0 Å². The fourth-order valence-electron chi connectivity index (χ4n) is 2.67. The van der Waals surface area contributed by atoms with Gasteiger partial charge in [0.25, 0.3) is 0 Å². The number of hydrogen-bond donors (Lipinski definition) is 1. The molecule has 1 amide bonds. The van der Waals surface area contributed by atoms with Gasteiger partial charge in [0.2, 0.25) is 5.91 Å². The molecule has 1 heterocycles. The summed E-state index contributed by atoms with van der Waals surface area (Å²) in [5, 5.41) is 9.03. The molecule has 0 aromatic heterocycles. The fourth-order valence-corrected chi connectivity index (χ4v) is 2.67. The largest absolute Gasteiger partial charge is 0.480 e. The van der Waals surface area contributed by atoms with Gasteiger partial charge in [0.05, 0.1) is 6.10 Å². The van der Waals surface area contributed by atoms with Crippen LogP contribution in [-0.2, 0) is 20.9 Å². The van der Waals surface area contributed by atoms with Gasteiger partial charge >= 0.3 is 5.97 Å². The third kappa shape index (κ3) is 4.53. The van der Waals surface area contributed by atoms with Crippen LogP contribution in [0, 0.1) is 11.7 Å². The molecule has 5 nitrogen and oxygen atoms in total. The van der Waals surface area contributed by atoms with E-state index < -0.39 is 5.97 Å².